The van der Waals surface area contributed by atoms with Gasteiger partial charge in [-0.2, -0.15) is 4.31 Å². The zero-order valence-corrected chi connectivity index (χ0v) is 17.9. The minimum Gasteiger partial charge on any atom is -0.466 e. The number of morpholine rings is 1. The topological polar surface area (TPSA) is 85.8 Å². The Hall–Kier alpha value is -1.46. The molecule has 0 N–H and O–H groups in total. The molecule has 1 aromatic heterocycles. The lowest BCUT2D eigenvalue weighted by atomic mass is 10.2. The highest BCUT2D eigenvalue weighted by atomic mass is 32.2. The number of hydrogen-bond donors (Lipinski definition) is 0. The summed E-state index contributed by atoms with van der Waals surface area (Å²) in [4.78, 5) is 16.3. The Labute approximate surface area is 173 Å². The molecular formula is C18H22N2O5S3. The van der Waals surface area contributed by atoms with Gasteiger partial charge in [-0.15, -0.1) is 11.3 Å². The van der Waals surface area contributed by atoms with Crippen molar-refractivity contribution >= 4 is 39.1 Å². The molecule has 1 aromatic carbocycles. The number of thiazole rings is 1. The molecule has 0 unspecified atom stereocenters. The van der Waals surface area contributed by atoms with Gasteiger partial charge in [-0.1, -0.05) is 23.9 Å². The fraction of sp³-hybridized carbons (Fsp3) is 0.444. The summed E-state index contributed by atoms with van der Waals surface area (Å²) in [5.41, 5.74) is 1.59. The van der Waals surface area contributed by atoms with Crippen LogP contribution < -0.4 is 0 Å². The molecule has 0 amide bonds. The number of nitrogens with zero attached hydrogens (tertiary/aromatic N) is 2. The molecule has 0 saturated carbocycles. The standard InChI is InChI=1S/C18H22N2O5S3/c1-2-25-17(21)11-15-13-27-18(19-15)26-12-14-4-3-5-16(10-14)28(22,23)20-6-8-24-9-7-20/h3-5,10,13H,2,6-9,11-12H2,1H3. The van der Waals surface area contributed by atoms with Gasteiger partial charge in [-0.3, -0.25) is 4.79 Å². The third-order valence-electron chi connectivity index (χ3n) is 4.03. The zero-order valence-electron chi connectivity index (χ0n) is 15.5. The zero-order chi connectivity index (χ0) is 20.0. The van der Waals surface area contributed by atoms with Gasteiger partial charge in [-0.25, -0.2) is 13.4 Å². The molecule has 0 bridgehead atoms. The predicted molar refractivity (Wildman–Crippen MR) is 108 cm³/mol. The number of esters is 1. The first-order valence-electron chi connectivity index (χ1n) is 8.88. The summed E-state index contributed by atoms with van der Waals surface area (Å²) < 4.78 is 38.0. The van der Waals surface area contributed by atoms with Crippen molar-refractivity contribution in [2.24, 2.45) is 0 Å². The fourth-order valence-corrected chi connectivity index (χ4v) is 5.94. The summed E-state index contributed by atoms with van der Waals surface area (Å²) in [6.07, 6.45) is 0.165. The van der Waals surface area contributed by atoms with E-state index in [-0.39, 0.29) is 12.4 Å². The molecule has 2 heterocycles. The van der Waals surface area contributed by atoms with Crippen molar-refractivity contribution in [2.75, 3.05) is 32.9 Å². The number of rotatable bonds is 8. The monoisotopic (exact) mass is 442 g/mol. The highest BCUT2D eigenvalue weighted by Crippen LogP contribution is 2.28. The molecule has 7 nitrogen and oxygen atoms in total. The maximum absolute atomic E-state index is 12.8. The Bertz CT molecular complexity index is 907. The van der Waals surface area contributed by atoms with Crippen LogP contribution in [-0.2, 0) is 36.5 Å². The second kappa shape index (κ2) is 9.84. The van der Waals surface area contributed by atoms with E-state index >= 15 is 0 Å². The molecule has 1 saturated heterocycles. The lowest BCUT2D eigenvalue weighted by molar-refractivity contribution is -0.142. The third-order valence-corrected chi connectivity index (χ3v) is 8.07. The van der Waals surface area contributed by atoms with Crippen LogP contribution in [0.25, 0.3) is 0 Å². The van der Waals surface area contributed by atoms with Crippen LogP contribution in [0, 0.1) is 0 Å². The van der Waals surface area contributed by atoms with Gasteiger partial charge in [0.25, 0.3) is 0 Å². The lowest BCUT2D eigenvalue weighted by Crippen LogP contribution is -2.40. The van der Waals surface area contributed by atoms with Gasteiger partial charge in [-0.05, 0) is 24.6 Å². The molecule has 152 valence electrons. The van der Waals surface area contributed by atoms with Crippen LogP contribution in [0.2, 0.25) is 0 Å². The highest BCUT2D eigenvalue weighted by Gasteiger charge is 2.26. The van der Waals surface area contributed by atoms with E-state index < -0.39 is 10.0 Å². The molecule has 2 aromatic rings. The van der Waals surface area contributed by atoms with Crippen molar-refractivity contribution in [3.63, 3.8) is 0 Å². The number of ether oxygens (including phenoxy) is 2. The largest absolute Gasteiger partial charge is 0.466 e. The van der Waals surface area contributed by atoms with Crippen molar-refractivity contribution in [3.8, 4) is 0 Å². The summed E-state index contributed by atoms with van der Waals surface area (Å²) in [6, 6.07) is 7.00. The van der Waals surface area contributed by atoms with E-state index in [1.807, 2.05) is 11.4 Å². The first-order valence-corrected chi connectivity index (χ1v) is 12.2. The number of benzene rings is 1. The normalized spacial score (nSPS) is 15.5. The third kappa shape index (κ3) is 5.54. The molecule has 28 heavy (non-hydrogen) atoms. The predicted octanol–water partition coefficient (Wildman–Crippen LogP) is 2.56. The fourth-order valence-electron chi connectivity index (χ4n) is 2.67. The van der Waals surface area contributed by atoms with Gasteiger partial charge in [0.1, 0.15) is 4.34 Å². The molecule has 0 radical (unpaired) electrons. The van der Waals surface area contributed by atoms with E-state index in [4.69, 9.17) is 9.47 Å². The highest BCUT2D eigenvalue weighted by molar-refractivity contribution is 8.00. The Balaban J connectivity index is 1.62. The molecular weight excluding hydrogens is 420 g/mol. The van der Waals surface area contributed by atoms with Crippen LogP contribution in [0.4, 0.5) is 0 Å². The van der Waals surface area contributed by atoms with Crippen molar-refractivity contribution < 1.29 is 22.7 Å². The Morgan fingerprint density at radius 1 is 1.36 bits per heavy atom. The quantitative estimate of drug-likeness (QED) is 0.459. The molecule has 3 rings (SSSR count). The van der Waals surface area contributed by atoms with E-state index in [0.717, 1.165) is 9.90 Å². The van der Waals surface area contributed by atoms with Gasteiger partial charge in [0.15, 0.2) is 0 Å². The summed E-state index contributed by atoms with van der Waals surface area (Å²) in [7, 11) is -3.50. The SMILES string of the molecule is CCOC(=O)Cc1csc(SCc2cccc(S(=O)(=O)N3CCOCC3)c2)n1. The Kier molecular flexibility index (Phi) is 7.47. The van der Waals surface area contributed by atoms with E-state index in [9.17, 15) is 13.2 Å². The van der Waals surface area contributed by atoms with E-state index in [1.165, 1.54) is 27.4 Å². The molecule has 1 aliphatic rings. The van der Waals surface area contributed by atoms with Gasteiger partial charge in [0.05, 0.1) is 36.8 Å². The number of carbonyl (C=O) groups is 1. The van der Waals surface area contributed by atoms with Crippen LogP contribution in [0.15, 0.2) is 38.9 Å². The van der Waals surface area contributed by atoms with Crippen LogP contribution in [0.3, 0.4) is 0 Å². The lowest BCUT2D eigenvalue weighted by Gasteiger charge is -2.26. The minimum absolute atomic E-state index is 0.165. The van der Waals surface area contributed by atoms with Crippen LogP contribution >= 0.6 is 23.1 Å². The van der Waals surface area contributed by atoms with Crippen LogP contribution in [-0.4, -0.2) is 56.6 Å². The van der Waals surface area contributed by atoms with Crippen molar-refractivity contribution in [3.05, 3.63) is 40.9 Å². The first-order chi connectivity index (χ1) is 13.5. The van der Waals surface area contributed by atoms with Crippen molar-refractivity contribution in [1.29, 1.82) is 0 Å². The van der Waals surface area contributed by atoms with Gasteiger partial charge in [0, 0.05) is 24.2 Å². The Morgan fingerprint density at radius 2 is 2.14 bits per heavy atom. The summed E-state index contributed by atoms with van der Waals surface area (Å²) in [5, 5.41) is 1.85. The molecule has 1 aliphatic heterocycles. The second-order valence-corrected chi connectivity index (χ2v) is 10.1. The van der Waals surface area contributed by atoms with Crippen molar-refractivity contribution in [2.45, 2.75) is 28.3 Å². The van der Waals surface area contributed by atoms with Gasteiger partial charge >= 0.3 is 5.97 Å². The molecule has 0 spiro atoms. The van der Waals surface area contributed by atoms with E-state index in [2.05, 4.69) is 4.98 Å². The molecule has 0 atom stereocenters. The number of hydrogen-bond acceptors (Lipinski definition) is 8. The first kappa shape index (κ1) is 21.3. The molecule has 1 fully saturated rings. The van der Waals surface area contributed by atoms with Crippen LogP contribution in [0.1, 0.15) is 18.2 Å². The number of thioether (sulfide) groups is 1. The number of carbonyl (C=O) groups excluding carboxylic acids is 1. The smallest absolute Gasteiger partial charge is 0.311 e. The average molecular weight is 443 g/mol. The van der Waals surface area contributed by atoms with Gasteiger partial charge in [0.2, 0.25) is 10.0 Å². The minimum atomic E-state index is -3.50. The van der Waals surface area contributed by atoms with E-state index in [1.54, 1.807) is 25.1 Å². The van der Waals surface area contributed by atoms with E-state index in [0.29, 0.717) is 49.3 Å². The maximum atomic E-state index is 12.8. The molecule has 0 aliphatic carbocycles. The summed E-state index contributed by atoms with van der Waals surface area (Å²) >= 11 is 2.98. The Morgan fingerprint density at radius 3 is 2.89 bits per heavy atom. The number of sulfonamides is 1. The molecule has 10 heteroatoms. The second-order valence-electron chi connectivity index (χ2n) is 6.04. The average Bonchev–Trinajstić information content (AvgIpc) is 3.14. The maximum Gasteiger partial charge on any atom is 0.311 e. The summed E-state index contributed by atoms with van der Waals surface area (Å²) in [6.45, 7) is 3.73. The van der Waals surface area contributed by atoms with Crippen LogP contribution in [0.5, 0.6) is 0 Å². The van der Waals surface area contributed by atoms with Gasteiger partial charge < -0.3 is 9.47 Å². The van der Waals surface area contributed by atoms with Crippen molar-refractivity contribution in [1.82, 2.24) is 9.29 Å². The summed E-state index contributed by atoms with van der Waals surface area (Å²) in [5.74, 6) is 0.309. The number of aromatic nitrogens is 1.